The number of nitrogens with zero attached hydrogens (tertiary/aromatic N) is 3. The number of aliphatic hydroxyl groups excluding tert-OH is 1. The van der Waals surface area contributed by atoms with Gasteiger partial charge in [0, 0.05) is 0 Å². The molecule has 0 atom stereocenters. The summed E-state index contributed by atoms with van der Waals surface area (Å²) >= 11 is 23.4. The molecule has 2 heterocycles. The highest BCUT2D eigenvalue weighted by molar-refractivity contribution is 6.52. The van der Waals surface area contributed by atoms with Crippen LogP contribution in [0.1, 0.15) is 16.3 Å². The molecule has 0 aliphatic rings. The van der Waals surface area contributed by atoms with Crippen molar-refractivity contribution in [2.75, 3.05) is 6.61 Å². The van der Waals surface area contributed by atoms with E-state index in [0.717, 1.165) is 0 Å². The standard InChI is InChI=1S/C17H8Cl4N4O3/c18-11-12(19)14(25-15(21)13(11)20)17(27)28-6-10(26)7(5-22)16-23-8-3-1-2-4-9(8)24-16/h1-4,26H,6H2,(H,23,24)/b10-7-. The summed E-state index contributed by atoms with van der Waals surface area (Å²) in [6.45, 7) is -0.630. The molecule has 0 aliphatic heterocycles. The molecular weight excluding hydrogens is 450 g/mol. The van der Waals surface area contributed by atoms with Gasteiger partial charge in [0.05, 0.1) is 26.1 Å². The first-order valence-electron chi connectivity index (χ1n) is 7.48. The number of carbonyl (C=O) groups excluding carboxylic acids is 1. The number of aromatic amines is 1. The normalized spacial score (nSPS) is 11.8. The van der Waals surface area contributed by atoms with E-state index in [2.05, 4.69) is 15.0 Å². The van der Waals surface area contributed by atoms with Crippen LogP contribution in [0.2, 0.25) is 20.2 Å². The molecule has 1 aromatic carbocycles. The molecule has 2 aromatic heterocycles. The van der Waals surface area contributed by atoms with E-state index in [1.807, 2.05) is 6.07 Å². The molecule has 0 aliphatic carbocycles. The van der Waals surface area contributed by atoms with Gasteiger partial charge in [0.1, 0.15) is 23.4 Å². The zero-order valence-corrected chi connectivity index (χ0v) is 16.7. The van der Waals surface area contributed by atoms with Crippen molar-refractivity contribution in [3.63, 3.8) is 0 Å². The van der Waals surface area contributed by atoms with E-state index >= 15 is 0 Å². The quantitative estimate of drug-likeness (QED) is 0.240. The number of imidazole rings is 1. The third-order valence-electron chi connectivity index (χ3n) is 3.54. The molecule has 0 unspecified atom stereocenters. The monoisotopic (exact) mass is 456 g/mol. The molecule has 0 radical (unpaired) electrons. The number of hydrogen-bond acceptors (Lipinski definition) is 6. The van der Waals surface area contributed by atoms with Gasteiger partial charge in [0.2, 0.25) is 0 Å². The van der Waals surface area contributed by atoms with Gasteiger partial charge in [-0.1, -0.05) is 58.5 Å². The zero-order chi connectivity index (χ0) is 20.4. The van der Waals surface area contributed by atoms with Gasteiger partial charge in [-0.2, -0.15) is 5.26 Å². The lowest BCUT2D eigenvalue weighted by Gasteiger charge is -2.08. The SMILES string of the molecule is N#C/C(=C(/O)COC(=O)c1nc(Cl)c(Cl)c(Cl)c1Cl)c1nc2ccccc2[nH]1. The minimum Gasteiger partial charge on any atom is -0.507 e. The summed E-state index contributed by atoms with van der Waals surface area (Å²) < 4.78 is 4.95. The molecule has 142 valence electrons. The lowest BCUT2D eigenvalue weighted by Crippen LogP contribution is -2.12. The van der Waals surface area contributed by atoms with Crippen LogP contribution < -0.4 is 0 Å². The van der Waals surface area contributed by atoms with Crippen LogP contribution in [0, 0.1) is 11.3 Å². The van der Waals surface area contributed by atoms with E-state index in [-0.39, 0.29) is 37.3 Å². The van der Waals surface area contributed by atoms with Gasteiger partial charge in [-0.25, -0.2) is 14.8 Å². The molecule has 0 amide bonds. The van der Waals surface area contributed by atoms with Crippen molar-refractivity contribution < 1.29 is 14.6 Å². The van der Waals surface area contributed by atoms with Gasteiger partial charge < -0.3 is 14.8 Å². The highest BCUT2D eigenvalue weighted by Crippen LogP contribution is 2.36. The predicted octanol–water partition coefficient (Wildman–Crippen LogP) is 5.22. The molecule has 0 saturated heterocycles. The number of aliphatic hydroxyl groups is 1. The van der Waals surface area contributed by atoms with Crippen molar-refractivity contribution in [3.05, 3.63) is 61.8 Å². The highest BCUT2D eigenvalue weighted by Gasteiger charge is 2.22. The number of para-hydroxylation sites is 2. The smallest absolute Gasteiger partial charge is 0.359 e. The molecule has 0 spiro atoms. The third-order valence-corrected chi connectivity index (χ3v) is 5.22. The number of hydrogen-bond donors (Lipinski definition) is 2. The number of halogens is 4. The minimum absolute atomic E-state index is 0.107. The number of nitrogens with one attached hydrogen (secondary N) is 1. The molecule has 3 aromatic rings. The molecule has 28 heavy (non-hydrogen) atoms. The fourth-order valence-electron chi connectivity index (χ4n) is 2.22. The maximum atomic E-state index is 12.2. The number of rotatable bonds is 4. The second-order valence-corrected chi connectivity index (χ2v) is 6.80. The molecule has 0 fully saturated rings. The van der Waals surface area contributed by atoms with Gasteiger partial charge in [0.15, 0.2) is 17.3 Å². The highest BCUT2D eigenvalue weighted by atomic mass is 35.5. The maximum Gasteiger partial charge on any atom is 0.359 e. The number of nitriles is 1. The number of H-pyrrole nitrogens is 1. The molecule has 7 nitrogen and oxygen atoms in total. The van der Waals surface area contributed by atoms with E-state index in [0.29, 0.717) is 11.0 Å². The van der Waals surface area contributed by atoms with Crippen LogP contribution >= 0.6 is 46.4 Å². The number of pyridine rings is 1. The fraction of sp³-hybridized carbons (Fsp3) is 0.0588. The van der Waals surface area contributed by atoms with Gasteiger partial charge in [-0.15, -0.1) is 0 Å². The number of esters is 1. The Hall–Kier alpha value is -2.50. The van der Waals surface area contributed by atoms with Crippen molar-refractivity contribution in [2.45, 2.75) is 0 Å². The van der Waals surface area contributed by atoms with E-state index in [9.17, 15) is 15.2 Å². The number of allylic oxidation sites excluding steroid dienone is 1. The third kappa shape index (κ3) is 3.86. The Morgan fingerprint density at radius 2 is 1.86 bits per heavy atom. The maximum absolute atomic E-state index is 12.2. The van der Waals surface area contributed by atoms with Crippen LogP contribution in [0.4, 0.5) is 0 Å². The molecular formula is C17H8Cl4N4O3. The van der Waals surface area contributed by atoms with Crippen LogP contribution in [0.25, 0.3) is 16.6 Å². The summed E-state index contributed by atoms with van der Waals surface area (Å²) in [6, 6.07) is 8.90. The van der Waals surface area contributed by atoms with E-state index < -0.39 is 18.3 Å². The van der Waals surface area contributed by atoms with Crippen LogP contribution in [0.15, 0.2) is 30.0 Å². The Labute approximate surface area is 178 Å². The molecule has 11 heteroatoms. The van der Waals surface area contributed by atoms with Crippen LogP contribution in [0.3, 0.4) is 0 Å². The Bertz CT molecular complexity index is 1130. The zero-order valence-electron chi connectivity index (χ0n) is 13.6. The van der Waals surface area contributed by atoms with E-state index in [4.69, 9.17) is 51.1 Å². The van der Waals surface area contributed by atoms with Crippen molar-refractivity contribution in [2.24, 2.45) is 0 Å². The topological polar surface area (TPSA) is 112 Å². The number of ether oxygens (including phenoxy) is 1. The number of benzene rings is 1. The summed E-state index contributed by atoms with van der Waals surface area (Å²) in [5.74, 6) is -1.40. The summed E-state index contributed by atoms with van der Waals surface area (Å²) in [4.78, 5) is 23.0. The number of fused-ring (bicyclic) bond motifs is 1. The van der Waals surface area contributed by atoms with E-state index in [1.54, 1.807) is 24.3 Å². The Morgan fingerprint density at radius 1 is 1.14 bits per heavy atom. The fourth-order valence-corrected chi connectivity index (χ4v) is 3.03. The summed E-state index contributed by atoms with van der Waals surface area (Å²) in [6.07, 6.45) is 0. The summed E-state index contributed by atoms with van der Waals surface area (Å²) in [5, 5.41) is 18.8. The second kappa shape index (κ2) is 8.25. The van der Waals surface area contributed by atoms with Gasteiger partial charge >= 0.3 is 5.97 Å². The second-order valence-electron chi connectivity index (χ2n) is 5.31. The summed E-state index contributed by atoms with van der Waals surface area (Å²) in [7, 11) is 0. The van der Waals surface area contributed by atoms with Gasteiger partial charge in [0.25, 0.3) is 0 Å². The molecule has 3 rings (SSSR count). The van der Waals surface area contributed by atoms with Crippen molar-refractivity contribution in [1.82, 2.24) is 15.0 Å². The Kier molecular flexibility index (Phi) is 5.96. The van der Waals surface area contributed by atoms with Crippen LogP contribution in [-0.4, -0.2) is 32.6 Å². The van der Waals surface area contributed by atoms with Gasteiger partial charge in [-0.3, -0.25) is 0 Å². The Morgan fingerprint density at radius 3 is 2.54 bits per heavy atom. The van der Waals surface area contributed by atoms with Gasteiger partial charge in [-0.05, 0) is 12.1 Å². The minimum atomic E-state index is -1.01. The lowest BCUT2D eigenvalue weighted by molar-refractivity contribution is 0.0496. The average molecular weight is 458 g/mol. The first kappa shape index (κ1) is 20.2. The van der Waals surface area contributed by atoms with E-state index in [1.165, 1.54) is 0 Å². The predicted molar refractivity (Wildman–Crippen MR) is 106 cm³/mol. The molecule has 0 bridgehead atoms. The van der Waals surface area contributed by atoms with Crippen LogP contribution in [0.5, 0.6) is 0 Å². The van der Waals surface area contributed by atoms with Crippen molar-refractivity contribution >= 4 is 69.0 Å². The number of carbonyl (C=O) groups is 1. The largest absolute Gasteiger partial charge is 0.507 e. The lowest BCUT2D eigenvalue weighted by atomic mass is 10.2. The number of aromatic nitrogens is 3. The first-order valence-corrected chi connectivity index (χ1v) is 8.99. The summed E-state index contributed by atoms with van der Waals surface area (Å²) in [5.41, 5.74) is 0.722. The Balaban J connectivity index is 1.84. The van der Waals surface area contributed by atoms with Crippen LogP contribution in [-0.2, 0) is 4.74 Å². The molecule has 0 saturated carbocycles. The van der Waals surface area contributed by atoms with Crippen molar-refractivity contribution in [3.8, 4) is 6.07 Å². The average Bonchev–Trinajstić information content (AvgIpc) is 3.11. The van der Waals surface area contributed by atoms with Crippen molar-refractivity contribution in [1.29, 1.82) is 5.26 Å². The first-order chi connectivity index (χ1) is 13.3. The molecule has 2 N–H and O–H groups in total.